The number of carbonyl (C=O) groups is 2. The summed E-state index contributed by atoms with van der Waals surface area (Å²) in [6, 6.07) is 5.80. The molecule has 1 aliphatic rings. The van der Waals surface area contributed by atoms with Crippen molar-refractivity contribution in [1.29, 1.82) is 0 Å². The van der Waals surface area contributed by atoms with Crippen molar-refractivity contribution in [3.05, 3.63) is 30.0 Å². The van der Waals surface area contributed by atoms with Gasteiger partial charge in [0.15, 0.2) is 0 Å². The van der Waals surface area contributed by atoms with Crippen LogP contribution in [0.3, 0.4) is 0 Å². The first-order chi connectivity index (χ1) is 17.6. The molecule has 0 unspecified atom stereocenters. The van der Waals surface area contributed by atoms with E-state index in [9.17, 15) is 9.59 Å². The predicted octanol–water partition coefficient (Wildman–Crippen LogP) is 3.31. The molecule has 0 bridgehead atoms. The van der Waals surface area contributed by atoms with E-state index in [1.165, 1.54) is 11.9 Å². The number of rotatable bonds is 10. The van der Waals surface area contributed by atoms with E-state index in [4.69, 9.17) is 9.47 Å². The van der Waals surface area contributed by atoms with Crippen molar-refractivity contribution in [2.24, 2.45) is 0 Å². The lowest BCUT2D eigenvalue weighted by Gasteiger charge is -2.24. The molecule has 1 aliphatic carbocycles. The normalized spacial score (nSPS) is 12.6. The molecule has 2 aromatic heterocycles. The molecule has 0 atom stereocenters. The fourth-order valence-corrected chi connectivity index (χ4v) is 3.02. The molecular formula is C26H35N7O4. The first kappa shape index (κ1) is 27.5. The maximum Gasteiger partial charge on any atom is 0.410 e. The Morgan fingerprint density at radius 2 is 2.00 bits per heavy atom. The number of hydrogen-bond acceptors (Lipinski definition) is 9. The van der Waals surface area contributed by atoms with Gasteiger partial charge in [-0.3, -0.25) is 4.79 Å². The number of pyridine rings is 1. The summed E-state index contributed by atoms with van der Waals surface area (Å²) >= 11 is 0. The first-order valence-electron chi connectivity index (χ1n) is 12.2. The minimum Gasteiger partial charge on any atom is -0.481 e. The summed E-state index contributed by atoms with van der Waals surface area (Å²) in [6.07, 6.45) is 4.59. The zero-order chi connectivity index (χ0) is 26.8. The van der Waals surface area contributed by atoms with Crippen LogP contribution >= 0.6 is 0 Å². The maximum absolute atomic E-state index is 12.1. The lowest BCUT2D eigenvalue weighted by Crippen LogP contribution is -2.41. The van der Waals surface area contributed by atoms with Crippen molar-refractivity contribution in [2.45, 2.75) is 58.1 Å². The van der Waals surface area contributed by atoms with Crippen LogP contribution in [0.2, 0.25) is 0 Å². The molecule has 198 valence electrons. The fraction of sp³-hybridized carbons (Fsp3) is 0.500. The summed E-state index contributed by atoms with van der Waals surface area (Å²) in [6.45, 7) is 5.72. The lowest BCUT2D eigenvalue weighted by molar-refractivity contribution is -0.122. The number of ether oxygens (including phenoxy) is 2. The topological polar surface area (TPSA) is 131 Å². The summed E-state index contributed by atoms with van der Waals surface area (Å²) in [5, 5.41) is 9.29. The first-order valence-corrected chi connectivity index (χ1v) is 12.2. The van der Waals surface area contributed by atoms with Crippen LogP contribution in [0.1, 0.15) is 52.0 Å². The Balaban J connectivity index is 1.48. The number of methoxy groups -OCH3 is 1. The highest BCUT2D eigenvalue weighted by Crippen LogP contribution is 2.26. The molecule has 1 saturated carbocycles. The minimum atomic E-state index is -0.607. The molecule has 3 rings (SSSR count). The van der Waals surface area contributed by atoms with Gasteiger partial charge >= 0.3 is 6.09 Å². The molecule has 2 aromatic rings. The average molecular weight is 510 g/mol. The summed E-state index contributed by atoms with van der Waals surface area (Å²) in [5.41, 5.74) is 0.1000. The Morgan fingerprint density at radius 3 is 2.70 bits per heavy atom. The number of anilines is 3. The zero-order valence-electron chi connectivity index (χ0n) is 22.1. The molecule has 0 spiro atoms. The molecule has 11 heteroatoms. The van der Waals surface area contributed by atoms with Gasteiger partial charge in [0.2, 0.25) is 17.7 Å². The van der Waals surface area contributed by atoms with Crippen LogP contribution in [0.5, 0.6) is 5.88 Å². The summed E-state index contributed by atoms with van der Waals surface area (Å²) in [4.78, 5) is 38.6. The van der Waals surface area contributed by atoms with Crippen molar-refractivity contribution < 1.29 is 19.1 Å². The average Bonchev–Trinajstić information content (AvgIpc) is 3.65. The molecule has 0 aromatic carbocycles. The van der Waals surface area contributed by atoms with Crippen molar-refractivity contribution >= 4 is 29.6 Å². The molecule has 2 amide bonds. The monoisotopic (exact) mass is 509 g/mol. The fourth-order valence-electron chi connectivity index (χ4n) is 3.02. The Bertz CT molecular complexity index is 1150. The van der Waals surface area contributed by atoms with E-state index in [0.29, 0.717) is 54.5 Å². The molecular weight excluding hydrogens is 474 g/mol. The third kappa shape index (κ3) is 9.83. The smallest absolute Gasteiger partial charge is 0.410 e. The lowest BCUT2D eigenvalue weighted by atomic mass is 10.2. The predicted molar refractivity (Wildman–Crippen MR) is 141 cm³/mol. The second-order valence-electron chi connectivity index (χ2n) is 9.66. The number of amides is 2. The maximum atomic E-state index is 12.1. The number of nitrogens with one attached hydrogen (secondary N) is 3. The van der Waals surface area contributed by atoms with E-state index >= 15 is 0 Å². The number of aromatic nitrogens is 3. The summed E-state index contributed by atoms with van der Waals surface area (Å²) < 4.78 is 10.4. The van der Waals surface area contributed by atoms with Crippen molar-refractivity contribution in [3.63, 3.8) is 0 Å². The van der Waals surface area contributed by atoms with E-state index < -0.39 is 11.7 Å². The van der Waals surface area contributed by atoms with Gasteiger partial charge in [-0.1, -0.05) is 17.9 Å². The van der Waals surface area contributed by atoms with Gasteiger partial charge in [-0.15, -0.1) is 0 Å². The summed E-state index contributed by atoms with van der Waals surface area (Å²) in [5.74, 6) is 8.16. The van der Waals surface area contributed by atoms with E-state index in [-0.39, 0.29) is 12.5 Å². The van der Waals surface area contributed by atoms with E-state index in [1.54, 1.807) is 40.1 Å². The molecule has 1 fully saturated rings. The number of unbranched alkanes of at least 4 members (excludes halogenated alkanes) is 1. The van der Waals surface area contributed by atoms with Gasteiger partial charge in [0.05, 0.1) is 18.9 Å². The van der Waals surface area contributed by atoms with Crippen LogP contribution < -0.4 is 20.7 Å². The molecule has 37 heavy (non-hydrogen) atoms. The molecule has 0 radical (unpaired) electrons. The number of carbonyl (C=O) groups excluding carboxylic acids is 2. The number of hydrogen-bond donors (Lipinski definition) is 3. The van der Waals surface area contributed by atoms with Gasteiger partial charge < -0.3 is 30.3 Å². The Morgan fingerprint density at radius 1 is 1.22 bits per heavy atom. The molecule has 2 heterocycles. The second-order valence-corrected chi connectivity index (χ2v) is 9.66. The van der Waals surface area contributed by atoms with E-state index in [2.05, 4.69) is 42.7 Å². The SMILES string of the molecule is COc1cccc(Nc2ncc(C#CCCCNC(=O)CN(C)C(=O)OC(C)(C)C)c(NC3CC3)n2)n1. The highest BCUT2D eigenvalue weighted by molar-refractivity contribution is 5.82. The van der Waals surface area contributed by atoms with Crippen LogP contribution in [0.15, 0.2) is 24.4 Å². The summed E-state index contributed by atoms with van der Waals surface area (Å²) in [7, 11) is 3.09. The standard InChI is InChI=1S/C26H35N7O4/c1-26(2,3)37-25(35)33(4)17-21(34)27-15-8-6-7-10-18-16-28-24(32-23(18)29-19-13-14-19)31-20-11-9-12-22(30-20)36-5/h9,11-12,16,19H,6,8,13-15,17H2,1-5H3,(H,27,34)(H2,28,29,30,31,32). The number of nitrogens with zero attached hydrogens (tertiary/aromatic N) is 4. The largest absolute Gasteiger partial charge is 0.481 e. The highest BCUT2D eigenvalue weighted by atomic mass is 16.6. The van der Waals surface area contributed by atoms with Crippen LogP contribution in [0.25, 0.3) is 0 Å². The van der Waals surface area contributed by atoms with Gasteiger partial charge in [0.25, 0.3) is 0 Å². The quantitative estimate of drug-likeness (QED) is 0.326. The van der Waals surface area contributed by atoms with Crippen LogP contribution in [-0.4, -0.2) is 70.7 Å². The minimum absolute atomic E-state index is 0.0696. The van der Waals surface area contributed by atoms with Crippen molar-refractivity contribution in [3.8, 4) is 17.7 Å². The van der Waals surface area contributed by atoms with Crippen molar-refractivity contribution in [2.75, 3.05) is 37.9 Å². The van der Waals surface area contributed by atoms with E-state index in [0.717, 1.165) is 12.8 Å². The van der Waals surface area contributed by atoms with E-state index in [1.807, 2.05) is 12.1 Å². The van der Waals surface area contributed by atoms with Gasteiger partial charge in [0, 0.05) is 32.1 Å². The van der Waals surface area contributed by atoms with Crippen molar-refractivity contribution in [1.82, 2.24) is 25.2 Å². The molecule has 0 saturated heterocycles. The van der Waals surface area contributed by atoms with Crippen LogP contribution in [-0.2, 0) is 9.53 Å². The Hall–Kier alpha value is -4.07. The number of likely N-dealkylation sites (N-methyl/N-ethyl adjacent to an activating group) is 1. The Kier molecular flexibility index (Phi) is 9.49. The third-order valence-electron chi connectivity index (χ3n) is 4.99. The van der Waals surface area contributed by atoms with Crippen LogP contribution in [0.4, 0.5) is 22.4 Å². The molecule has 0 aliphatic heterocycles. The second kappa shape index (κ2) is 12.8. The Labute approximate surface area is 217 Å². The van der Waals surface area contributed by atoms with Gasteiger partial charge in [-0.25, -0.2) is 9.78 Å². The highest BCUT2D eigenvalue weighted by Gasteiger charge is 2.23. The van der Waals surface area contributed by atoms with Crippen LogP contribution in [0, 0.1) is 11.8 Å². The molecule has 11 nitrogen and oxygen atoms in total. The van der Waals surface area contributed by atoms with Gasteiger partial charge in [-0.05, 0) is 46.1 Å². The van der Waals surface area contributed by atoms with Gasteiger partial charge in [0.1, 0.15) is 23.8 Å². The third-order valence-corrected chi connectivity index (χ3v) is 4.99. The zero-order valence-corrected chi connectivity index (χ0v) is 22.1. The molecule has 3 N–H and O–H groups in total. The van der Waals surface area contributed by atoms with Gasteiger partial charge in [-0.2, -0.15) is 9.97 Å².